The summed E-state index contributed by atoms with van der Waals surface area (Å²) in [6.45, 7) is 1.90. The summed E-state index contributed by atoms with van der Waals surface area (Å²) in [5, 5.41) is 3.61. The Kier molecular flexibility index (Phi) is 5.13. The number of hydrogen-bond acceptors (Lipinski definition) is 2. The zero-order valence-corrected chi connectivity index (χ0v) is 12.2. The molecule has 1 aromatic carbocycles. The maximum Gasteiger partial charge on any atom is 0.224 e. The predicted molar refractivity (Wildman–Crippen MR) is 82.0 cm³/mol. The molecule has 0 bridgehead atoms. The zero-order valence-electron chi connectivity index (χ0n) is 11.4. The van der Waals surface area contributed by atoms with Crippen LogP contribution in [0, 0.1) is 6.92 Å². The van der Waals surface area contributed by atoms with Crippen molar-refractivity contribution in [1.82, 2.24) is 4.98 Å². The number of nitrogens with zero attached hydrogens (tertiary/aromatic N) is 1. The van der Waals surface area contributed by atoms with Crippen molar-refractivity contribution in [3.05, 3.63) is 58.9 Å². The highest BCUT2D eigenvalue weighted by Crippen LogP contribution is 2.13. The van der Waals surface area contributed by atoms with Gasteiger partial charge in [-0.3, -0.25) is 9.78 Å². The SMILES string of the molecule is Cc1cc(NC(=O)CCCc2cccc(Cl)c2)ccn1. The Morgan fingerprint density at radius 1 is 1.30 bits per heavy atom. The molecule has 0 aliphatic carbocycles. The van der Waals surface area contributed by atoms with Crippen LogP contribution in [0.5, 0.6) is 0 Å². The van der Waals surface area contributed by atoms with E-state index in [4.69, 9.17) is 11.6 Å². The topological polar surface area (TPSA) is 42.0 Å². The van der Waals surface area contributed by atoms with Crippen molar-refractivity contribution in [1.29, 1.82) is 0 Å². The molecule has 104 valence electrons. The number of carbonyl (C=O) groups excluding carboxylic acids is 1. The Balaban J connectivity index is 1.78. The summed E-state index contributed by atoms with van der Waals surface area (Å²) < 4.78 is 0. The molecule has 1 amide bonds. The van der Waals surface area contributed by atoms with E-state index >= 15 is 0 Å². The van der Waals surface area contributed by atoms with Crippen molar-refractivity contribution in [2.75, 3.05) is 5.32 Å². The zero-order chi connectivity index (χ0) is 14.4. The van der Waals surface area contributed by atoms with Gasteiger partial charge in [0.15, 0.2) is 0 Å². The van der Waals surface area contributed by atoms with E-state index < -0.39 is 0 Å². The Labute approximate surface area is 124 Å². The smallest absolute Gasteiger partial charge is 0.224 e. The van der Waals surface area contributed by atoms with Gasteiger partial charge in [0.05, 0.1) is 0 Å². The highest BCUT2D eigenvalue weighted by atomic mass is 35.5. The first-order chi connectivity index (χ1) is 9.63. The van der Waals surface area contributed by atoms with Crippen LogP contribution in [0.15, 0.2) is 42.6 Å². The van der Waals surface area contributed by atoms with Crippen LogP contribution in [0.4, 0.5) is 5.69 Å². The summed E-state index contributed by atoms with van der Waals surface area (Å²) in [7, 11) is 0. The second-order valence-corrected chi connectivity index (χ2v) is 5.15. The minimum absolute atomic E-state index is 0.0256. The van der Waals surface area contributed by atoms with E-state index in [1.54, 1.807) is 12.3 Å². The quantitative estimate of drug-likeness (QED) is 0.903. The first kappa shape index (κ1) is 14.5. The van der Waals surface area contributed by atoms with E-state index in [0.717, 1.165) is 34.8 Å². The van der Waals surface area contributed by atoms with Gasteiger partial charge in [0.2, 0.25) is 5.91 Å². The molecule has 4 heteroatoms. The minimum Gasteiger partial charge on any atom is -0.326 e. The molecule has 2 aromatic rings. The molecule has 0 saturated heterocycles. The number of hydrogen-bond donors (Lipinski definition) is 1. The van der Waals surface area contributed by atoms with Crippen LogP contribution in [-0.4, -0.2) is 10.9 Å². The van der Waals surface area contributed by atoms with Crippen LogP contribution in [-0.2, 0) is 11.2 Å². The molecule has 0 unspecified atom stereocenters. The number of pyridine rings is 1. The molecule has 0 aliphatic heterocycles. The minimum atomic E-state index is 0.0256. The molecular weight excluding hydrogens is 272 g/mol. The third-order valence-electron chi connectivity index (χ3n) is 2.94. The van der Waals surface area contributed by atoms with Crippen molar-refractivity contribution in [3.8, 4) is 0 Å². The Morgan fingerprint density at radius 3 is 2.90 bits per heavy atom. The summed E-state index contributed by atoms with van der Waals surface area (Å²) >= 11 is 5.92. The van der Waals surface area contributed by atoms with Crippen LogP contribution in [0.2, 0.25) is 5.02 Å². The molecule has 0 spiro atoms. The van der Waals surface area contributed by atoms with Gasteiger partial charge in [-0.15, -0.1) is 0 Å². The number of rotatable bonds is 5. The van der Waals surface area contributed by atoms with Crippen molar-refractivity contribution in [2.24, 2.45) is 0 Å². The van der Waals surface area contributed by atoms with Gasteiger partial charge in [-0.1, -0.05) is 23.7 Å². The molecule has 0 saturated carbocycles. The van der Waals surface area contributed by atoms with Gasteiger partial charge in [-0.2, -0.15) is 0 Å². The lowest BCUT2D eigenvalue weighted by molar-refractivity contribution is -0.116. The number of amides is 1. The predicted octanol–water partition coefficient (Wildman–Crippen LogP) is 4.00. The molecule has 1 aromatic heterocycles. The Bertz CT molecular complexity index is 599. The maximum absolute atomic E-state index is 11.8. The van der Waals surface area contributed by atoms with E-state index in [1.807, 2.05) is 37.3 Å². The van der Waals surface area contributed by atoms with E-state index in [-0.39, 0.29) is 5.91 Å². The van der Waals surface area contributed by atoms with E-state index in [2.05, 4.69) is 10.3 Å². The first-order valence-corrected chi connectivity index (χ1v) is 6.98. The first-order valence-electron chi connectivity index (χ1n) is 6.60. The molecule has 3 nitrogen and oxygen atoms in total. The van der Waals surface area contributed by atoms with Gasteiger partial charge >= 0.3 is 0 Å². The Morgan fingerprint density at radius 2 is 2.15 bits per heavy atom. The number of aromatic nitrogens is 1. The van der Waals surface area contributed by atoms with Gasteiger partial charge in [0.25, 0.3) is 0 Å². The lowest BCUT2D eigenvalue weighted by Gasteiger charge is -2.06. The second kappa shape index (κ2) is 7.06. The van der Waals surface area contributed by atoms with Crippen LogP contribution >= 0.6 is 11.6 Å². The van der Waals surface area contributed by atoms with Gasteiger partial charge in [-0.25, -0.2) is 0 Å². The van der Waals surface area contributed by atoms with Crippen LogP contribution in [0.1, 0.15) is 24.1 Å². The number of aryl methyl sites for hydroxylation is 2. The normalized spacial score (nSPS) is 10.3. The average molecular weight is 289 g/mol. The standard InChI is InChI=1S/C16H17ClN2O/c1-12-10-15(8-9-18-12)19-16(20)7-3-5-13-4-2-6-14(17)11-13/h2,4,6,8-11H,3,5,7H2,1H3,(H,18,19,20). The van der Waals surface area contributed by atoms with Crippen LogP contribution in [0.3, 0.4) is 0 Å². The molecule has 0 atom stereocenters. The summed E-state index contributed by atoms with van der Waals surface area (Å²) in [6.07, 6.45) is 3.84. The molecule has 1 heterocycles. The molecule has 20 heavy (non-hydrogen) atoms. The fourth-order valence-electron chi connectivity index (χ4n) is 1.99. The molecule has 0 fully saturated rings. The monoisotopic (exact) mass is 288 g/mol. The number of halogens is 1. The molecule has 0 aliphatic rings. The fourth-order valence-corrected chi connectivity index (χ4v) is 2.21. The third kappa shape index (κ3) is 4.67. The largest absolute Gasteiger partial charge is 0.326 e. The summed E-state index contributed by atoms with van der Waals surface area (Å²) in [6, 6.07) is 11.4. The lowest BCUT2D eigenvalue weighted by Crippen LogP contribution is -2.11. The number of anilines is 1. The lowest BCUT2D eigenvalue weighted by atomic mass is 10.1. The van der Waals surface area contributed by atoms with Crippen molar-refractivity contribution in [3.63, 3.8) is 0 Å². The van der Waals surface area contributed by atoms with Gasteiger partial charge in [0.1, 0.15) is 0 Å². The molecular formula is C16H17ClN2O. The molecule has 0 radical (unpaired) electrons. The highest BCUT2D eigenvalue weighted by Gasteiger charge is 2.03. The van der Waals surface area contributed by atoms with Gasteiger partial charge in [0, 0.05) is 29.0 Å². The van der Waals surface area contributed by atoms with E-state index in [9.17, 15) is 4.79 Å². The van der Waals surface area contributed by atoms with E-state index in [1.165, 1.54) is 0 Å². The summed E-state index contributed by atoms with van der Waals surface area (Å²) in [5.74, 6) is 0.0256. The van der Waals surface area contributed by atoms with Crippen molar-refractivity contribution >= 4 is 23.2 Å². The van der Waals surface area contributed by atoms with Crippen LogP contribution in [0.25, 0.3) is 0 Å². The molecule has 2 rings (SSSR count). The number of benzene rings is 1. The summed E-state index contributed by atoms with van der Waals surface area (Å²) in [4.78, 5) is 15.9. The molecule has 1 N–H and O–H groups in total. The summed E-state index contributed by atoms with van der Waals surface area (Å²) in [5.41, 5.74) is 2.84. The maximum atomic E-state index is 11.8. The van der Waals surface area contributed by atoms with Gasteiger partial charge < -0.3 is 5.32 Å². The third-order valence-corrected chi connectivity index (χ3v) is 3.17. The second-order valence-electron chi connectivity index (χ2n) is 4.72. The van der Waals surface area contributed by atoms with Gasteiger partial charge in [-0.05, 0) is 49.6 Å². The number of carbonyl (C=O) groups is 1. The average Bonchev–Trinajstić information content (AvgIpc) is 2.38. The fraction of sp³-hybridized carbons (Fsp3) is 0.250. The number of nitrogens with one attached hydrogen (secondary N) is 1. The highest BCUT2D eigenvalue weighted by molar-refractivity contribution is 6.30. The van der Waals surface area contributed by atoms with Crippen molar-refractivity contribution < 1.29 is 4.79 Å². The van der Waals surface area contributed by atoms with E-state index in [0.29, 0.717) is 6.42 Å². The Hall–Kier alpha value is -1.87. The van der Waals surface area contributed by atoms with Crippen molar-refractivity contribution in [2.45, 2.75) is 26.2 Å². The van der Waals surface area contributed by atoms with Crippen LogP contribution < -0.4 is 5.32 Å².